The highest BCUT2D eigenvalue weighted by Crippen LogP contribution is 2.31. The normalized spacial score (nSPS) is 17.0. The monoisotopic (exact) mass is 427 g/mol. The lowest BCUT2D eigenvalue weighted by Crippen LogP contribution is -2.31. The third kappa shape index (κ3) is 5.00. The number of anilines is 2. The van der Waals surface area contributed by atoms with E-state index in [4.69, 9.17) is 0 Å². The molecular formula is C19H20F3N3O3S. The van der Waals surface area contributed by atoms with E-state index in [1.54, 1.807) is 25.1 Å². The van der Waals surface area contributed by atoms with Gasteiger partial charge in [0, 0.05) is 12.2 Å². The van der Waals surface area contributed by atoms with Crippen LogP contribution < -0.4 is 14.9 Å². The molecule has 1 unspecified atom stereocenters. The zero-order valence-corrected chi connectivity index (χ0v) is 16.3. The van der Waals surface area contributed by atoms with Crippen molar-refractivity contribution < 1.29 is 26.4 Å². The van der Waals surface area contributed by atoms with Crippen LogP contribution in [0.15, 0.2) is 48.5 Å². The van der Waals surface area contributed by atoms with E-state index in [0.717, 1.165) is 12.1 Å². The van der Waals surface area contributed by atoms with Gasteiger partial charge >= 0.3 is 12.2 Å². The molecule has 0 spiro atoms. The zero-order valence-electron chi connectivity index (χ0n) is 15.5. The molecule has 2 aromatic rings. The average molecular weight is 427 g/mol. The summed E-state index contributed by atoms with van der Waals surface area (Å²) >= 11 is 0. The molecule has 2 N–H and O–H groups in total. The number of carbonyl (C=O) groups is 1. The van der Waals surface area contributed by atoms with Crippen molar-refractivity contribution in [3.8, 4) is 0 Å². The zero-order chi connectivity index (χ0) is 21.2. The second kappa shape index (κ2) is 7.94. The molecule has 2 amide bonds. The van der Waals surface area contributed by atoms with E-state index in [0.29, 0.717) is 29.9 Å². The molecule has 1 saturated heterocycles. The Bertz CT molecular complexity index is 1010. The first-order valence-corrected chi connectivity index (χ1v) is 10.5. The summed E-state index contributed by atoms with van der Waals surface area (Å²) in [6.07, 6.45) is -3.93. The van der Waals surface area contributed by atoms with Gasteiger partial charge in [0.15, 0.2) is 0 Å². The van der Waals surface area contributed by atoms with Gasteiger partial charge in [-0.2, -0.15) is 13.2 Å². The molecule has 1 fully saturated rings. The SMILES string of the molecule is CC(NC(=O)Nc1cccc(N2CCCS2(=O)=O)c1)c1cccc(C(F)(F)F)c1. The summed E-state index contributed by atoms with van der Waals surface area (Å²) in [7, 11) is -3.34. The molecule has 156 valence electrons. The van der Waals surface area contributed by atoms with E-state index in [-0.39, 0.29) is 5.75 Å². The van der Waals surface area contributed by atoms with E-state index in [9.17, 15) is 26.4 Å². The largest absolute Gasteiger partial charge is 0.416 e. The quantitative estimate of drug-likeness (QED) is 0.770. The van der Waals surface area contributed by atoms with E-state index in [1.807, 2.05) is 0 Å². The first-order chi connectivity index (χ1) is 13.6. The molecule has 0 bridgehead atoms. The number of nitrogens with zero attached hydrogens (tertiary/aromatic N) is 1. The fraction of sp³-hybridized carbons (Fsp3) is 0.316. The van der Waals surface area contributed by atoms with Crippen LogP contribution >= 0.6 is 0 Å². The van der Waals surface area contributed by atoms with Crippen molar-refractivity contribution in [1.29, 1.82) is 0 Å². The van der Waals surface area contributed by atoms with Crippen LogP contribution in [0.25, 0.3) is 0 Å². The minimum atomic E-state index is -4.46. The van der Waals surface area contributed by atoms with Crippen LogP contribution in [-0.2, 0) is 16.2 Å². The lowest BCUT2D eigenvalue weighted by atomic mass is 10.1. The predicted molar refractivity (Wildman–Crippen MR) is 104 cm³/mol. The molecule has 1 heterocycles. The van der Waals surface area contributed by atoms with Gasteiger partial charge in [-0.3, -0.25) is 4.31 Å². The number of urea groups is 1. The number of nitrogens with one attached hydrogen (secondary N) is 2. The molecular weight excluding hydrogens is 407 g/mol. The molecule has 1 aliphatic rings. The Morgan fingerprint density at radius 1 is 1.14 bits per heavy atom. The minimum absolute atomic E-state index is 0.0830. The second-order valence-corrected chi connectivity index (χ2v) is 8.75. The van der Waals surface area contributed by atoms with Gasteiger partial charge in [-0.25, -0.2) is 13.2 Å². The number of amides is 2. The van der Waals surface area contributed by atoms with Crippen molar-refractivity contribution >= 4 is 27.4 Å². The van der Waals surface area contributed by atoms with Gasteiger partial charge in [0.25, 0.3) is 0 Å². The third-order valence-corrected chi connectivity index (χ3v) is 6.42. The maximum atomic E-state index is 12.9. The Hall–Kier alpha value is -2.75. The van der Waals surface area contributed by atoms with Crippen LogP contribution in [0.3, 0.4) is 0 Å². The van der Waals surface area contributed by atoms with Crippen molar-refractivity contribution in [2.24, 2.45) is 0 Å². The van der Waals surface area contributed by atoms with Crippen LogP contribution in [0.4, 0.5) is 29.3 Å². The van der Waals surface area contributed by atoms with Crippen molar-refractivity contribution in [3.05, 3.63) is 59.7 Å². The maximum Gasteiger partial charge on any atom is 0.416 e. The molecule has 0 saturated carbocycles. The van der Waals surface area contributed by atoms with E-state index < -0.39 is 33.8 Å². The summed E-state index contributed by atoms with van der Waals surface area (Å²) in [4.78, 5) is 12.3. The summed E-state index contributed by atoms with van der Waals surface area (Å²) in [5.41, 5.74) is 0.347. The summed E-state index contributed by atoms with van der Waals surface area (Å²) < 4.78 is 63.9. The number of carbonyl (C=O) groups excluding carboxylic acids is 1. The molecule has 1 aliphatic heterocycles. The number of rotatable bonds is 4. The Labute approximate surface area is 166 Å². The lowest BCUT2D eigenvalue weighted by Gasteiger charge is -2.19. The number of sulfonamides is 1. The number of hydrogen-bond acceptors (Lipinski definition) is 3. The Kier molecular flexibility index (Phi) is 5.74. The minimum Gasteiger partial charge on any atom is -0.331 e. The number of benzene rings is 2. The topological polar surface area (TPSA) is 78.5 Å². The Morgan fingerprint density at radius 2 is 1.86 bits per heavy atom. The highest BCUT2D eigenvalue weighted by atomic mass is 32.2. The van der Waals surface area contributed by atoms with Gasteiger partial charge in [0.2, 0.25) is 10.0 Å². The van der Waals surface area contributed by atoms with Crippen LogP contribution in [-0.4, -0.2) is 26.7 Å². The van der Waals surface area contributed by atoms with Gasteiger partial charge in [-0.05, 0) is 49.2 Å². The molecule has 3 rings (SSSR count). The van der Waals surface area contributed by atoms with Crippen molar-refractivity contribution in [2.75, 3.05) is 21.9 Å². The van der Waals surface area contributed by atoms with Gasteiger partial charge in [0.1, 0.15) is 0 Å². The van der Waals surface area contributed by atoms with Crippen LogP contribution in [0.5, 0.6) is 0 Å². The fourth-order valence-electron chi connectivity index (χ4n) is 3.10. The van der Waals surface area contributed by atoms with Gasteiger partial charge < -0.3 is 10.6 Å². The molecule has 0 aliphatic carbocycles. The lowest BCUT2D eigenvalue weighted by molar-refractivity contribution is -0.137. The molecule has 2 aromatic carbocycles. The number of alkyl halides is 3. The van der Waals surface area contributed by atoms with E-state index >= 15 is 0 Å². The van der Waals surface area contributed by atoms with Crippen LogP contribution in [0, 0.1) is 0 Å². The molecule has 10 heteroatoms. The number of hydrogen-bond donors (Lipinski definition) is 2. The highest BCUT2D eigenvalue weighted by Gasteiger charge is 2.31. The van der Waals surface area contributed by atoms with Gasteiger partial charge in [-0.15, -0.1) is 0 Å². The summed E-state index contributed by atoms with van der Waals surface area (Å²) in [5.74, 6) is 0.0830. The smallest absolute Gasteiger partial charge is 0.331 e. The predicted octanol–water partition coefficient (Wildman–Crippen LogP) is 4.13. The summed E-state index contributed by atoms with van der Waals surface area (Å²) in [6.45, 7) is 1.95. The number of halogens is 3. The highest BCUT2D eigenvalue weighted by molar-refractivity contribution is 7.93. The molecule has 29 heavy (non-hydrogen) atoms. The van der Waals surface area contributed by atoms with Gasteiger partial charge in [-0.1, -0.05) is 18.2 Å². The van der Waals surface area contributed by atoms with Crippen molar-refractivity contribution in [3.63, 3.8) is 0 Å². The molecule has 0 radical (unpaired) electrons. The first-order valence-electron chi connectivity index (χ1n) is 8.91. The van der Waals surface area contributed by atoms with Crippen LogP contribution in [0.2, 0.25) is 0 Å². The standard InChI is InChI=1S/C19H20F3N3O3S/c1-13(14-5-2-6-15(11-14)19(20,21)22)23-18(26)24-16-7-3-8-17(12-16)25-9-4-10-29(25,27)28/h2-3,5-8,11-13H,4,9-10H2,1H3,(H2,23,24,26). The van der Waals surface area contributed by atoms with Crippen molar-refractivity contribution in [1.82, 2.24) is 5.32 Å². The summed E-state index contributed by atoms with van der Waals surface area (Å²) in [6, 6.07) is 9.85. The molecule has 1 atom stereocenters. The third-order valence-electron chi connectivity index (χ3n) is 4.55. The molecule has 6 nitrogen and oxygen atoms in total. The average Bonchev–Trinajstić information content (AvgIpc) is 3.00. The van der Waals surface area contributed by atoms with Crippen molar-refractivity contribution in [2.45, 2.75) is 25.6 Å². The Morgan fingerprint density at radius 3 is 2.52 bits per heavy atom. The van der Waals surface area contributed by atoms with E-state index in [1.165, 1.54) is 22.5 Å². The van der Waals surface area contributed by atoms with E-state index in [2.05, 4.69) is 10.6 Å². The molecule has 0 aromatic heterocycles. The fourth-order valence-corrected chi connectivity index (χ4v) is 4.66. The summed E-state index contributed by atoms with van der Waals surface area (Å²) in [5, 5.41) is 5.16. The second-order valence-electron chi connectivity index (χ2n) is 6.74. The van der Waals surface area contributed by atoms with Gasteiger partial charge in [0.05, 0.1) is 23.0 Å². The van der Waals surface area contributed by atoms with Crippen LogP contribution in [0.1, 0.15) is 30.5 Å². The maximum absolute atomic E-state index is 12.9. The Balaban J connectivity index is 1.68. The first kappa shape index (κ1) is 21.0.